The highest BCUT2D eigenvalue weighted by Gasteiger charge is 2.73. The summed E-state index contributed by atoms with van der Waals surface area (Å²) in [5, 5.41) is 10.6. The van der Waals surface area contributed by atoms with Gasteiger partial charge in [0.05, 0.1) is 5.52 Å². The van der Waals surface area contributed by atoms with Crippen LogP contribution in [0, 0.1) is 0 Å². The van der Waals surface area contributed by atoms with Gasteiger partial charge in [0.15, 0.2) is 5.75 Å². The van der Waals surface area contributed by atoms with Crippen molar-refractivity contribution in [3.8, 4) is 5.75 Å². The molecule has 1 N–H and O–H groups in total. The van der Waals surface area contributed by atoms with Gasteiger partial charge in [0.1, 0.15) is 5.69 Å². The number of anilines is 1. The molecule has 0 saturated heterocycles. The fourth-order valence-corrected chi connectivity index (χ4v) is 3.69. The van der Waals surface area contributed by atoms with Crippen LogP contribution in [0.5, 0.6) is 5.75 Å². The molecule has 0 fully saturated rings. The molecule has 0 radical (unpaired) electrons. The second-order valence-electron chi connectivity index (χ2n) is 6.87. The van der Waals surface area contributed by atoms with E-state index in [1.54, 1.807) is 12.1 Å². The number of rotatable bonds is 5. The largest absolute Gasteiger partial charge is 0.435 e. The van der Waals surface area contributed by atoms with E-state index in [2.05, 4.69) is 25.7 Å². The second kappa shape index (κ2) is 9.18. The molecule has 3 aromatic rings. The molecule has 0 aliphatic carbocycles. The Morgan fingerprint density at radius 2 is 1.63 bits per heavy atom. The number of carbonyl (C=O) groups is 1. The van der Waals surface area contributed by atoms with Crippen molar-refractivity contribution in [2.75, 3.05) is 5.06 Å². The smallest absolute Gasteiger partial charge is 0.432 e. The lowest BCUT2D eigenvalue weighted by molar-refractivity contribution is -0.348. The molecular weight excluding hydrogens is 567 g/mol. The molecule has 0 atom stereocenters. The molecule has 0 unspecified atom stereocenters. The zero-order valence-corrected chi connectivity index (χ0v) is 18.2. The van der Waals surface area contributed by atoms with Crippen LogP contribution in [-0.2, 0) is 5.67 Å². The standard InChI is InChI=1S/C20H10BrF9N2O3/c21-12-7-11(18(24,19(25,26)27)20(28,29)30)8-14(35-17(22)23)15(12)32(34)16(33)10-4-3-9-2-1-5-31-13(9)6-10/h1-8,17,34H. The number of aromatic nitrogens is 1. The minimum atomic E-state index is -6.55. The van der Waals surface area contributed by atoms with Gasteiger partial charge in [0, 0.05) is 27.2 Å². The molecule has 35 heavy (non-hydrogen) atoms. The Morgan fingerprint density at radius 1 is 1.00 bits per heavy atom. The summed E-state index contributed by atoms with van der Waals surface area (Å²) in [5.41, 5.74) is -9.30. The lowest BCUT2D eigenvalue weighted by Gasteiger charge is -2.31. The molecule has 0 saturated carbocycles. The van der Waals surface area contributed by atoms with Crippen molar-refractivity contribution in [3.63, 3.8) is 0 Å². The molecule has 0 bridgehead atoms. The number of alkyl halides is 9. The highest BCUT2D eigenvalue weighted by Crippen LogP contribution is 2.55. The molecule has 0 spiro atoms. The number of hydroxylamine groups is 1. The Balaban J connectivity index is 2.16. The van der Waals surface area contributed by atoms with Gasteiger partial charge in [-0.1, -0.05) is 12.1 Å². The van der Waals surface area contributed by atoms with Crippen molar-refractivity contribution in [3.05, 3.63) is 64.3 Å². The van der Waals surface area contributed by atoms with Crippen molar-refractivity contribution in [1.29, 1.82) is 0 Å². The van der Waals surface area contributed by atoms with Crippen molar-refractivity contribution in [2.45, 2.75) is 24.6 Å². The molecule has 5 nitrogen and oxygen atoms in total. The van der Waals surface area contributed by atoms with E-state index in [0.29, 0.717) is 5.39 Å². The molecule has 3 rings (SSSR count). The number of nitrogens with zero attached hydrogens (tertiary/aromatic N) is 2. The summed E-state index contributed by atoms with van der Waals surface area (Å²) in [4.78, 5) is 16.7. The lowest BCUT2D eigenvalue weighted by Crippen LogP contribution is -2.50. The van der Waals surface area contributed by atoms with E-state index in [4.69, 9.17) is 0 Å². The minimum Gasteiger partial charge on any atom is -0.432 e. The second-order valence-corrected chi connectivity index (χ2v) is 7.72. The van der Waals surface area contributed by atoms with Crippen LogP contribution < -0.4 is 9.80 Å². The van der Waals surface area contributed by atoms with Gasteiger partial charge >= 0.3 is 24.6 Å². The summed E-state index contributed by atoms with van der Waals surface area (Å²) in [7, 11) is 0. The highest BCUT2D eigenvalue weighted by atomic mass is 79.9. The normalized spacial score (nSPS) is 12.8. The monoisotopic (exact) mass is 576 g/mol. The first-order chi connectivity index (χ1) is 16.1. The van der Waals surface area contributed by atoms with Crippen molar-refractivity contribution >= 4 is 38.4 Å². The van der Waals surface area contributed by atoms with Gasteiger partial charge in [-0.05, 0) is 46.3 Å². The van der Waals surface area contributed by atoms with Gasteiger partial charge in [-0.15, -0.1) is 0 Å². The predicted octanol–water partition coefficient (Wildman–Crippen LogP) is 6.92. The van der Waals surface area contributed by atoms with Crippen molar-refractivity contribution < 1.29 is 54.3 Å². The van der Waals surface area contributed by atoms with E-state index in [0.717, 1.165) is 0 Å². The summed E-state index contributed by atoms with van der Waals surface area (Å²) >= 11 is 2.50. The topological polar surface area (TPSA) is 62.7 Å². The molecule has 1 aromatic heterocycles. The maximum Gasteiger partial charge on any atom is 0.435 e. The Labute approximate surface area is 197 Å². The number of benzene rings is 2. The third-order valence-corrected chi connectivity index (χ3v) is 5.29. The average molecular weight is 577 g/mol. The number of amides is 1. The molecule has 188 valence electrons. The van der Waals surface area contributed by atoms with E-state index in [9.17, 15) is 49.5 Å². The van der Waals surface area contributed by atoms with E-state index in [1.807, 2.05) is 0 Å². The molecule has 15 heteroatoms. The van der Waals surface area contributed by atoms with E-state index in [-0.39, 0.29) is 28.3 Å². The number of pyridine rings is 1. The summed E-state index contributed by atoms with van der Waals surface area (Å²) in [6, 6.07) is 6.59. The van der Waals surface area contributed by atoms with Crippen LogP contribution in [0.15, 0.2) is 53.1 Å². The molecule has 1 heterocycles. The van der Waals surface area contributed by atoms with Crippen molar-refractivity contribution in [1.82, 2.24) is 4.98 Å². The summed E-state index contributed by atoms with van der Waals surface area (Å²) in [5.74, 6) is -2.89. The van der Waals surface area contributed by atoms with Crippen LogP contribution in [0.3, 0.4) is 0 Å². The zero-order valence-electron chi connectivity index (χ0n) is 16.6. The summed E-state index contributed by atoms with van der Waals surface area (Å²) in [6.07, 6.45) is -11.7. The van der Waals surface area contributed by atoms with E-state index >= 15 is 0 Å². The number of ether oxygens (including phenoxy) is 1. The maximum absolute atomic E-state index is 14.5. The molecule has 0 aliphatic rings. The van der Waals surface area contributed by atoms with Gasteiger partial charge in [0.25, 0.3) is 5.91 Å². The Hall–Kier alpha value is -3.07. The molecular formula is C20H10BrF9N2O3. The van der Waals surface area contributed by atoms with E-state index in [1.165, 1.54) is 24.4 Å². The first-order valence-electron chi connectivity index (χ1n) is 9.07. The van der Waals surface area contributed by atoms with Gasteiger partial charge < -0.3 is 4.74 Å². The number of fused-ring (bicyclic) bond motifs is 1. The highest BCUT2D eigenvalue weighted by molar-refractivity contribution is 9.10. The zero-order chi connectivity index (χ0) is 26.3. The third kappa shape index (κ3) is 4.87. The summed E-state index contributed by atoms with van der Waals surface area (Å²) in [6.45, 7) is -3.84. The number of halogens is 10. The van der Waals surface area contributed by atoms with Crippen molar-refractivity contribution in [2.24, 2.45) is 0 Å². The van der Waals surface area contributed by atoms with Crippen LogP contribution in [-0.4, -0.2) is 35.1 Å². The first kappa shape index (κ1) is 26.5. The number of carbonyl (C=O) groups excluding carboxylic acids is 1. The Morgan fingerprint density at radius 3 is 2.20 bits per heavy atom. The Bertz CT molecular complexity index is 1250. The minimum absolute atomic E-state index is 0.0624. The van der Waals surface area contributed by atoms with Gasteiger partial charge in [-0.2, -0.15) is 40.2 Å². The first-order valence-corrected chi connectivity index (χ1v) is 9.86. The van der Waals surface area contributed by atoms with Crippen LogP contribution in [0.4, 0.5) is 45.2 Å². The van der Waals surface area contributed by atoms with Crippen LogP contribution in [0.2, 0.25) is 0 Å². The van der Waals surface area contributed by atoms with Gasteiger partial charge in [-0.25, -0.2) is 4.39 Å². The fraction of sp³-hybridized carbons (Fsp3) is 0.200. The molecule has 2 aromatic carbocycles. The van der Waals surface area contributed by atoms with Crippen LogP contribution in [0.25, 0.3) is 10.9 Å². The lowest BCUT2D eigenvalue weighted by atomic mass is 9.93. The van der Waals surface area contributed by atoms with Crippen LogP contribution >= 0.6 is 15.9 Å². The van der Waals surface area contributed by atoms with Gasteiger partial charge in [-0.3, -0.25) is 15.0 Å². The molecule has 0 aliphatic heterocycles. The fourth-order valence-electron chi connectivity index (χ4n) is 3.08. The SMILES string of the molecule is O=C(c1ccc2cccnc2c1)N(O)c1c(Br)cc(C(F)(C(F)(F)F)C(F)(F)F)cc1OC(F)F. The number of hydrogen-bond donors (Lipinski definition) is 1. The van der Waals surface area contributed by atoms with E-state index < -0.39 is 52.0 Å². The Kier molecular flexibility index (Phi) is 6.96. The maximum atomic E-state index is 14.5. The van der Waals surface area contributed by atoms with Gasteiger partial charge in [0.2, 0.25) is 0 Å². The van der Waals surface area contributed by atoms with Crippen LogP contribution in [0.1, 0.15) is 15.9 Å². The number of hydrogen-bond acceptors (Lipinski definition) is 4. The predicted molar refractivity (Wildman–Crippen MR) is 106 cm³/mol. The third-order valence-electron chi connectivity index (χ3n) is 4.68. The molecule has 1 amide bonds. The average Bonchev–Trinajstić information content (AvgIpc) is 2.75. The quantitative estimate of drug-likeness (QED) is 0.203. The summed E-state index contributed by atoms with van der Waals surface area (Å²) < 4.78 is 122.